The number of hydrogen-bond donors (Lipinski definition) is 2. The molecule has 0 atom stereocenters. The number of rotatable bonds is 3. The van der Waals surface area contributed by atoms with Gasteiger partial charge in [0.15, 0.2) is 0 Å². The maximum atomic E-state index is 12.4. The van der Waals surface area contributed by atoms with Crippen LogP contribution < -0.4 is 10.9 Å². The molecule has 0 aliphatic heterocycles. The molecule has 0 bridgehead atoms. The smallest absolute Gasteiger partial charge is 0.261 e. The summed E-state index contributed by atoms with van der Waals surface area (Å²) in [4.78, 5) is 24.6. The number of pyridine rings is 1. The van der Waals surface area contributed by atoms with Gasteiger partial charge in [-0.15, -0.1) is 0 Å². The van der Waals surface area contributed by atoms with Gasteiger partial charge in [-0.1, -0.05) is 18.2 Å². The Bertz CT molecular complexity index is 717. The number of nitrogens with one attached hydrogen (secondary N) is 1. The van der Waals surface area contributed by atoms with E-state index in [0.29, 0.717) is 17.3 Å². The van der Waals surface area contributed by atoms with Gasteiger partial charge >= 0.3 is 0 Å². The molecule has 2 aromatic rings. The molecule has 1 aromatic heterocycles. The van der Waals surface area contributed by atoms with Gasteiger partial charge in [-0.25, -0.2) is 0 Å². The standard InChI is InChI=1S/C15H18N2O3/c1-4-16-13(18)12-10-7-5-6-8-11(10)14(19)17(9(2)3)15(12)20/h5-9,20H,4H2,1-3H3,(H,16,18). The third-order valence-electron chi connectivity index (χ3n) is 3.18. The van der Waals surface area contributed by atoms with Gasteiger partial charge in [0.25, 0.3) is 11.5 Å². The number of carbonyl (C=O) groups excluding carboxylic acids is 1. The van der Waals surface area contributed by atoms with Crippen LogP contribution in [0.15, 0.2) is 29.1 Å². The Morgan fingerprint density at radius 2 is 1.90 bits per heavy atom. The summed E-state index contributed by atoms with van der Waals surface area (Å²) < 4.78 is 1.24. The summed E-state index contributed by atoms with van der Waals surface area (Å²) in [5, 5.41) is 13.9. The number of amides is 1. The minimum atomic E-state index is -0.379. The van der Waals surface area contributed by atoms with Crippen molar-refractivity contribution >= 4 is 16.7 Å². The summed E-state index contributed by atoms with van der Waals surface area (Å²) in [7, 11) is 0. The van der Waals surface area contributed by atoms with Crippen molar-refractivity contribution in [2.75, 3.05) is 6.54 Å². The van der Waals surface area contributed by atoms with E-state index in [1.54, 1.807) is 45.0 Å². The average molecular weight is 274 g/mol. The molecule has 0 radical (unpaired) electrons. The molecule has 5 heteroatoms. The summed E-state index contributed by atoms with van der Waals surface area (Å²) in [6.45, 7) is 5.83. The van der Waals surface area contributed by atoms with Crippen LogP contribution in [-0.2, 0) is 0 Å². The average Bonchev–Trinajstić information content (AvgIpc) is 2.38. The molecular weight excluding hydrogens is 256 g/mol. The minimum absolute atomic E-state index is 0.149. The zero-order valence-electron chi connectivity index (χ0n) is 11.8. The highest BCUT2D eigenvalue weighted by Crippen LogP contribution is 2.26. The Balaban J connectivity index is 2.91. The molecule has 2 N–H and O–H groups in total. The fourth-order valence-electron chi connectivity index (χ4n) is 2.31. The molecule has 0 saturated carbocycles. The molecule has 0 fully saturated rings. The lowest BCUT2D eigenvalue weighted by molar-refractivity contribution is 0.0953. The van der Waals surface area contributed by atoms with Crippen molar-refractivity contribution in [3.05, 3.63) is 40.2 Å². The summed E-state index contributed by atoms with van der Waals surface area (Å²) >= 11 is 0. The van der Waals surface area contributed by atoms with Crippen LogP contribution >= 0.6 is 0 Å². The van der Waals surface area contributed by atoms with E-state index >= 15 is 0 Å². The van der Waals surface area contributed by atoms with Crippen LogP contribution in [0.4, 0.5) is 0 Å². The van der Waals surface area contributed by atoms with Gasteiger partial charge in [0.2, 0.25) is 5.88 Å². The van der Waals surface area contributed by atoms with Crippen LogP contribution in [-0.4, -0.2) is 22.1 Å². The predicted molar refractivity (Wildman–Crippen MR) is 78.3 cm³/mol. The number of benzene rings is 1. The van der Waals surface area contributed by atoms with Gasteiger partial charge in [-0.05, 0) is 26.8 Å². The third kappa shape index (κ3) is 2.15. The number of carbonyl (C=O) groups is 1. The minimum Gasteiger partial charge on any atom is -0.494 e. The van der Waals surface area contributed by atoms with Crippen molar-refractivity contribution in [2.24, 2.45) is 0 Å². The topological polar surface area (TPSA) is 71.3 Å². The van der Waals surface area contributed by atoms with Crippen LogP contribution in [0.2, 0.25) is 0 Å². The van der Waals surface area contributed by atoms with Gasteiger partial charge in [0.1, 0.15) is 5.56 Å². The molecular formula is C15H18N2O3. The molecule has 0 unspecified atom stereocenters. The summed E-state index contributed by atoms with van der Waals surface area (Å²) in [5.41, 5.74) is -0.142. The fraction of sp³-hybridized carbons (Fsp3) is 0.333. The largest absolute Gasteiger partial charge is 0.494 e. The van der Waals surface area contributed by atoms with Gasteiger partial charge in [0.05, 0.1) is 0 Å². The first kappa shape index (κ1) is 14.1. The molecule has 0 aliphatic rings. The first-order chi connectivity index (χ1) is 9.49. The lowest BCUT2D eigenvalue weighted by Gasteiger charge is -2.17. The van der Waals surface area contributed by atoms with Crippen LogP contribution in [0.3, 0.4) is 0 Å². The molecule has 2 rings (SSSR count). The Kier molecular flexibility index (Phi) is 3.79. The normalized spacial score (nSPS) is 11.0. The Morgan fingerprint density at radius 3 is 2.45 bits per heavy atom. The quantitative estimate of drug-likeness (QED) is 0.899. The maximum Gasteiger partial charge on any atom is 0.261 e. The highest BCUT2D eigenvalue weighted by atomic mass is 16.3. The summed E-state index contributed by atoms with van der Waals surface area (Å²) in [5.74, 6) is -0.662. The Labute approximate surface area is 116 Å². The molecule has 0 aliphatic carbocycles. The third-order valence-corrected chi connectivity index (χ3v) is 3.18. The second-order valence-corrected chi connectivity index (χ2v) is 4.87. The molecule has 20 heavy (non-hydrogen) atoms. The summed E-state index contributed by atoms with van der Waals surface area (Å²) in [6, 6.07) is 6.58. The van der Waals surface area contributed by atoms with Crippen molar-refractivity contribution < 1.29 is 9.90 Å². The molecule has 1 aromatic carbocycles. The zero-order valence-corrected chi connectivity index (χ0v) is 11.8. The molecule has 0 spiro atoms. The van der Waals surface area contributed by atoms with Gasteiger partial charge in [-0.2, -0.15) is 0 Å². The highest BCUT2D eigenvalue weighted by Gasteiger charge is 2.22. The number of fused-ring (bicyclic) bond motifs is 1. The van der Waals surface area contributed by atoms with E-state index in [9.17, 15) is 14.7 Å². The monoisotopic (exact) mass is 274 g/mol. The Morgan fingerprint density at radius 1 is 1.30 bits per heavy atom. The molecule has 106 valence electrons. The first-order valence-corrected chi connectivity index (χ1v) is 6.63. The predicted octanol–water partition coefficient (Wildman–Crippen LogP) is 2.04. The number of aromatic hydroxyl groups is 1. The molecule has 5 nitrogen and oxygen atoms in total. The lowest BCUT2D eigenvalue weighted by Crippen LogP contribution is -2.28. The van der Waals surface area contributed by atoms with Crippen molar-refractivity contribution in [1.82, 2.24) is 9.88 Å². The second kappa shape index (κ2) is 5.36. The lowest BCUT2D eigenvalue weighted by atomic mass is 10.1. The summed E-state index contributed by atoms with van der Waals surface area (Å²) in [6.07, 6.45) is 0. The zero-order chi connectivity index (χ0) is 14.9. The van der Waals surface area contributed by atoms with Crippen LogP contribution in [0.5, 0.6) is 5.88 Å². The molecule has 1 amide bonds. The van der Waals surface area contributed by atoms with Crippen LogP contribution in [0, 0.1) is 0 Å². The van der Waals surface area contributed by atoms with E-state index < -0.39 is 0 Å². The van der Waals surface area contributed by atoms with Crippen LogP contribution in [0.1, 0.15) is 37.2 Å². The SMILES string of the molecule is CCNC(=O)c1c(O)n(C(C)C)c(=O)c2ccccc12. The number of aromatic nitrogens is 1. The molecule has 0 saturated heterocycles. The van der Waals surface area contributed by atoms with Crippen molar-refractivity contribution in [3.63, 3.8) is 0 Å². The highest BCUT2D eigenvalue weighted by molar-refractivity contribution is 6.08. The fourth-order valence-corrected chi connectivity index (χ4v) is 2.31. The first-order valence-electron chi connectivity index (χ1n) is 6.63. The van der Waals surface area contributed by atoms with E-state index in [2.05, 4.69) is 5.32 Å². The van der Waals surface area contributed by atoms with Gasteiger partial charge in [-0.3, -0.25) is 14.2 Å². The maximum absolute atomic E-state index is 12.4. The number of hydrogen-bond acceptors (Lipinski definition) is 3. The van der Waals surface area contributed by atoms with Crippen molar-refractivity contribution in [3.8, 4) is 5.88 Å². The van der Waals surface area contributed by atoms with Gasteiger partial charge in [0, 0.05) is 23.4 Å². The van der Waals surface area contributed by atoms with Crippen molar-refractivity contribution in [2.45, 2.75) is 26.8 Å². The van der Waals surface area contributed by atoms with Crippen molar-refractivity contribution in [1.29, 1.82) is 0 Å². The molecule has 1 heterocycles. The van der Waals surface area contributed by atoms with E-state index in [-0.39, 0.29) is 29.0 Å². The van der Waals surface area contributed by atoms with Crippen LogP contribution in [0.25, 0.3) is 10.8 Å². The van der Waals surface area contributed by atoms with E-state index in [4.69, 9.17) is 0 Å². The van der Waals surface area contributed by atoms with Gasteiger partial charge < -0.3 is 10.4 Å². The van der Waals surface area contributed by atoms with E-state index in [1.165, 1.54) is 4.57 Å². The van der Waals surface area contributed by atoms with E-state index in [1.807, 2.05) is 0 Å². The Hall–Kier alpha value is -2.30. The number of nitrogens with zero attached hydrogens (tertiary/aromatic N) is 1. The van der Waals surface area contributed by atoms with E-state index in [0.717, 1.165) is 0 Å². The second-order valence-electron chi connectivity index (χ2n) is 4.87.